The molecule has 3 heterocycles. The molecule has 4 rings (SSSR count). The zero-order valence-electron chi connectivity index (χ0n) is 12.4. The summed E-state index contributed by atoms with van der Waals surface area (Å²) in [5.41, 5.74) is 4.21. The number of imidazole rings is 1. The molecule has 3 N–H and O–H groups in total. The second-order valence-electron chi connectivity index (χ2n) is 5.59. The predicted octanol–water partition coefficient (Wildman–Crippen LogP) is 2.72. The van der Waals surface area contributed by atoms with Gasteiger partial charge in [0, 0.05) is 29.2 Å². The van der Waals surface area contributed by atoms with Crippen LogP contribution in [0, 0.1) is 12.7 Å². The van der Waals surface area contributed by atoms with Crippen molar-refractivity contribution in [3.05, 3.63) is 53.4 Å². The number of nitrogens with zero attached hydrogens (tertiary/aromatic N) is 2. The van der Waals surface area contributed by atoms with Crippen LogP contribution in [0.1, 0.15) is 29.3 Å². The number of nitrogens with one attached hydrogen (secondary N) is 3. The number of aromatic nitrogens is 4. The second-order valence-corrected chi connectivity index (χ2v) is 5.59. The molecule has 0 fully saturated rings. The molecule has 3 aromatic rings. The Morgan fingerprint density at radius 1 is 1.26 bits per heavy atom. The van der Waals surface area contributed by atoms with Crippen LogP contribution in [0.5, 0.6) is 0 Å². The van der Waals surface area contributed by atoms with Crippen LogP contribution in [0.2, 0.25) is 0 Å². The fourth-order valence-electron chi connectivity index (χ4n) is 3.05. The number of benzene rings is 1. The summed E-state index contributed by atoms with van der Waals surface area (Å²) in [6, 6.07) is 6.18. The molecule has 1 unspecified atom stereocenters. The molecule has 1 atom stereocenters. The minimum absolute atomic E-state index is 0.0953. The van der Waals surface area contributed by atoms with E-state index < -0.39 is 0 Å². The Morgan fingerprint density at radius 2 is 2.04 bits per heavy atom. The summed E-state index contributed by atoms with van der Waals surface area (Å²) in [4.78, 5) is 19.4. The Balaban J connectivity index is 1.88. The molecule has 1 aliphatic rings. The number of aryl methyl sites for hydroxylation is 1. The molecular weight excluding hydrogens is 297 g/mol. The van der Waals surface area contributed by atoms with E-state index in [4.69, 9.17) is 0 Å². The molecule has 0 spiro atoms. The minimum Gasteiger partial charge on any atom is -0.348 e. The van der Waals surface area contributed by atoms with Gasteiger partial charge in [0.05, 0.1) is 17.7 Å². The molecule has 0 saturated carbocycles. The SMILES string of the molecule is Cc1[nH]cnc1C1CC(=O)Nc2n[nH]c(-c3ccc(F)cc3)c21. The summed E-state index contributed by atoms with van der Waals surface area (Å²) < 4.78 is 13.2. The van der Waals surface area contributed by atoms with E-state index in [-0.39, 0.29) is 17.6 Å². The maximum Gasteiger partial charge on any atom is 0.226 e. The second kappa shape index (κ2) is 5.05. The number of H-pyrrole nitrogens is 2. The van der Waals surface area contributed by atoms with Crippen molar-refractivity contribution in [3.63, 3.8) is 0 Å². The van der Waals surface area contributed by atoms with Crippen LogP contribution in [0.4, 0.5) is 10.2 Å². The summed E-state index contributed by atoms with van der Waals surface area (Å²) in [5, 5.41) is 9.95. The molecule has 116 valence electrons. The van der Waals surface area contributed by atoms with Crippen molar-refractivity contribution in [1.82, 2.24) is 20.2 Å². The van der Waals surface area contributed by atoms with Crippen molar-refractivity contribution in [2.45, 2.75) is 19.3 Å². The Kier molecular flexibility index (Phi) is 3.00. The first-order valence-corrected chi connectivity index (χ1v) is 7.27. The number of hydrogen-bond acceptors (Lipinski definition) is 3. The van der Waals surface area contributed by atoms with Gasteiger partial charge in [0.1, 0.15) is 5.82 Å². The van der Waals surface area contributed by atoms with Crippen molar-refractivity contribution in [1.29, 1.82) is 0 Å². The zero-order valence-corrected chi connectivity index (χ0v) is 12.4. The predicted molar refractivity (Wildman–Crippen MR) is 82.4 cm³/mol. The van der Waals surface area contributed by atoms with Crippen LogP contribution in [0.15, 0.2) is 30.6 Å². The Morgan fingerprint density at radius 3 is 2.74 bits per heavy atom. The molecule has 0 bridgehead atoms. The van der Waals surface area contributed by atoms with Crippen LogP contribution < -0.4 is 5.32 Å². The molecule has 6 nitrogen and oxygen atoms in total. The molecule has 1 amide bonds. The fourth-order valence-corrected chi connectivity index (χ4v) is 3.05. The van der Waals surface area contributed by atoms with Crippen LogP contribution in [-0.4, -0.2) is 26.1 Å². The van der Waals surface area contributed by atoms with Crippen LogP contribution in [0.3, 0.4) is 0 Å². The van der Waals surface area contributed by atoms with Gasteiger partial charge in [0.25, 0.3) is 0 Å². The highest BCUT2D eigenvalue weighted by Gasteiger charge is 2.33. The summed E-state index contributed by atoms with van der Waals surface area (Å²) in [6.07, 6.45) is 1.92. The maximum atomic E-state index is 13.2. The Labute approximate surface area is 131 Å². The highest BCUT2D eigenvalue weighted by atomic mass is 19.1. The zero-order chi connectivity index (χ0) is 16.0. The largest absolute Gasteiger partial charge is 0.348 e. The normalized spacial score (nSPS) is 17.0. The Bertz CT molecular complexity index is 880. The minimum atomic E-state index is -0.296. The van der Waals surface area contributed by atoms with E-state index in [1.807, 2.05) is 6.92 Å². The van der Waals surface area contributed by atoms with Gasteiger partial charge in [-0.1, -0.05) is 0 Å². The van der Waals surface area contributed by atoms with Gasteiger partial charge in [-0.15, -0.1) is 0 Å². The van der Waals surface area contributed by atoms with Gasteiger partial charge < -0.3 is 10.3 Å². The quantitative estimate of drug-likeness (QED) is 0.680. The molecule has 2 aromatic heterocycles. The molecule has 0 radical (unpaired) electrons. The highest BCUT2D eigenvalue weighted by molar-refractivity contribution is 5.96. The number of halogens is 1. The van der Waals surface area contributed by atoms with Crippen LogP contribution in [-0.2, 0) is 4.79 Å². The smallest absolute Gasteiger partial charge is 0.226 e. The number of hydrogen-bond donors (Lipinski definition) is 3. The third-order valence-corrected chi connectivity index (χ3v) is 4.13. The number of carbonyl (C=O) groups is 1. The molecule has 7 heteroatoms. The number of carbonyl (C=O) groups excluding carboxylic acids is 1. The van der Waals surface area contributed by atoms with Gasteiger partial charge >= 0.3 is 0 Å². The summed E-state index contributed by atoms with van der Waals surface area (Å²) in [5.74, 6) is -0.0750. The lowest BCUT2D eigenvalue weighted by Gasteiger charge is -2.22. The average molecular weight is 311 g/mol. The first kappa shape index (κ1) is 13.7. The lowest BCUT2D eigenvalue weighted by Crippen LogP contribution is -2.24. The molecular formula is C16H14FN5O. The van der Waals surface area contributed by atoms with Crippen molar-refractivity contribution < 1.29 is 9.18 Å². The topological polar surface area (TPSA) is 86.5 Å². The third kappa shape index (κ3) is 2.21. The number of fused-ring (bicyclic) bond motifs is 1. The number of anilines is 1. The van der Waals surface area contributed by atoms with Gasteiger partial charge in [-0.3, -0.25) is 9.89 Å². The van der Waals surface area contributed by atoms with Crippen molar-refractivity contribution in [2.24, 2.45) is 0 Å². The van der Waals surface area contributed by atoms with E-state index in [2.05, 4.69) is 25.5 Å². The van der Waals surface area contributed by atoms with Crippen molar-refractivity contribution >= 4 is 11.7 Å². The summed E-state index contributed by atoms with van der Waals surface area (Å²) in [7, 11) is 0. The van der Waals surface area contributed by atoms with Crippen molar-refractivity contribution in [2.75, 3.05) is 5.32 Å². The molecule has 0 aliphatic carbocycles. The van der Waals surface area contributed by atoms with E-state index in [1.165, 1.54) is 12.1 Å². The van der Waals surface area contributed by atoms with E-state index in [0.717, 1.165) is 28.2 Å². The standard InChI is InChI=1S/C16H14FN5O/c1-8-14(19-7-18-8)11-6-12(23)20-16-13(11)15(21-22-16)9-2-4-10(17)5-3-9/h2-5,7,11H,6H2,1H3,(H,18,19)(H2,20,21,22,23). The van der Waals surface area contributed by atoms with Gasteiger partial charge in [-0.05, 0) is 31.2 Å². The molecule has 1 aliphatic heterocycles. The van der Waals surface area contributed by atoms with Crippen molar-refractivity contribution in [3.8, 4) is 11.3 Å². The third-order valence-electron chi connectivity index (χ3n) is 4.13. The maximum absolute atomic E-state index is 13.2. The molecule has 23 heavy (non-hydrogen) atoms. The lowest BCUT2D eigenvalue weighted by molar-refractivity contribution is -0.116. The van der Waals surface area contributed by atoms with E-state index in [0.29, 0.717) is 12.2 Å². The van der Waals surface area contributed by atoms with Gasteiger partial charge in [-0.2, -0.15) is 5.10 Å². The summed E-state index contributed by atoms with van der Waals surface area (Å²) in [6.45, 7) is 1.92. The first-order chi connectivity index (χ1) is 11.1. The van der Waals surface area contributed by atoms with Gasteiger partial charge in [0.15, 0.2) is 5.82 Å². The summed E-state index contributed by atoms with van der Waals surface area (Å²) >= 11 is 0. The fraction of sp³-hybridized carbons (Fsp3) is 0.188. The lowest BCUT2D eigenvalue weighted by atomic mass is 9.87. The monoisotopic (exact) mass is 311 g/mol. The number of rotatable bonds is 2. The molecule has 1 aromatic carbocycles. The Hall–Kier alpha value is -2.96. The highest BCUT2D eigenvalue weighted by Crippen LogP contribution is 2.41. The van der Waals surface area contributed by atoms with Crippen LogP contribution >= 0.6 is 0 Å². The number of amides is 1. The molecule has 0 saturated heterocycles. The average Bonchev–Trinajstić information content (AvgIpc) is 3.13. The van der Waals surface area contributed by atoms with Gasteiger partial charge in [0.2, 0.25) is 5.91 Å². The van der Waals surface area contributed by atoms with E-state index >= 15 is 0 Å². The first-order valence-electron chi connectivity index (χ1n) is 7.27. The van der Waals surface area contributed by atoms with Gasteiger partial charge in [-0.25, -0.2) is 9.37 Å². The van der Waals surface area contributed by atoms with E-state index in [9.17, 15) is 9.18 Å². The van der Waals surface area contributed by atoms with E-state index in [1.54, 1.807) is 18.5 Å². The van der Waals surface area contributed by atoms with Crippen LogP contribution in [0.25, 0.3) is 11.3 Å². The number of aromatic amines is 2.